The molecule has 1 aromatic carbocycles. The molecule has 0 aliphatic rings. The van der Waals surface area contributed by atoms with Gasteiger partial charge in [-0.2, -0.15) is 0 Å². The Balaban J connectivity index is 2.14. The number of aryl methyl sites for hydroxylation is 2. The molecule has 1 unspecified atom stereocenters. The molecule has 0 amide bonds. The largest absolute Gasteiger partial charge is 0.491 e. The third-order valence-corrected chi connectivity index (χ3v) is 3.35. The molecule has 1 rings (SSSR count). The van der Waals surface area contributed by atoms with Crippen LogP contribution in [0.15, 0.2) is 18.2 Å². The number of hydrogen-bond donors (Lipinski definition) is 2. The lowest BCUT2D eigenvalue weighted by atomic mass is 10.1. The molecule has 0 bridgehead atoms. The van der Waals surface area contributed by atoms with E-state index < -0.39 is 6.10 Å². The normalized spacial score (nSPS) is 12.4. The summed E-state index contributed by atoms with van der Waals surface area (Å²) in [5.74, 6) is 0.859. The Hall–Kier alpha value is -1.06. The molecule has 0 spiro atoms. The summed E-state index contributed by atoms with van der Waals surface area (Å²) >= 11 is 0. The van der Waals surface area contributed by atoms with Crippen molar-refractivity contribution in [3.05, 3.63) is 29.3 Å². The molecule has 0 aliphatic carbocycles. The molecule has 0 aliphatic heterocycles. The number of nitrogens with one attached hydrogen (secondary N) is 1. The van der Waals surface area contributed by atoms with Gasteiger partial charge in [0.15, 0.2) is 0 Å². The fourth-order valence-corrected chi connectivity index (χ4v) is 2.15. The highest BCUT2D eigenvalue weighted by atomic mass is 16.5. The predicted molar refractivity (Wildman–Crippen MR) is 84.4 cm³/mol. The van der Waals surface area contributed by atoms with E-state index in [2.05, 4.69) is 25.2 Å². The number of aliphatic hydroxyl groups excluding tert-OH is 1. The number of aliphatic hydroxyl groups is 1. The van der Waals surface area contributed by atoms with Crippen LogP contribution in [-0.2, 0) is 0 Å². The van der Waals surface area contributed by atoms with Gasteiger partial charge < -0.3 is 15.2 Å². The van der Waals surface area contributed by atoms with Crippen molar-refractivity contribution in [3.63, 3.8) is 0 Å². The molecule has 0 radical (unpaired) electrons. The van der Waals surface area contributed by atoms with E-state index in [-0.39, 0.29) is 0 Å². The molecule has 114 valence electrons. The van der Waals surface area contributed by atoms with Gasteiger partial charge in [-0.05, 0) is 38.4 Å². The van der Waals surface area contributed by atoms with Crippen molar-refractivity contribution < 1.29 is 9.84 Å². The topological polar surface area (TPSA) is 41.5 Å². The van der Waals surface area contributed by atoms with Crippen LogP contribution in [0, 0.1) is 13.8 Å². The lowest BCUT2D eigenvalue weighted by Crippen LogP contribution is -2.32. The summed E-state index contributed by atoms with van der Waals surface area (Å²) in [4.78, 5) is 0. The zero-order valence-corrected chi connectivity index (χ0v) is 13.1. The molecule has 0 fully saturated rings. The van der Waals surface area contributed by atoms with Gasteiger partial charge in [0.25, 0.3) is 0 Å². The van der Waals surface area contributed by atoms with E-state index in [0.717, 1.165) is 17.9 Å². The Morgan fingerprint density at radius 1 is 1.20 bits per heavy atom. The maximum absolute atomic E-state index is 9.87. The molecular formula is C17H29NO2. The second-order valence-corrected chi connectivity index (χ2v) is 5.50. The summed E-state index contributed by atoms with van der Waals surface area (Å²) in [5, 5.41) is 13.1. The fourth-order valence-electron chi connectivity index (χ4n) is 2.15. The van der Waals surface area contributed by atoms with Crippen molar-refractivity contribution in [1.82, 2.24) is 5.32 Å². The summed E-state index contributed by atoms with van der Waals surface area (Å²) in [7, 11) is 0. The molecule has 1 aromatic rings. The lowest BCUT2D eigenvalue weighted by Gasteiger charge is -2.15. The van der Waals surface area contributed by atoms with Crippen molar-refractivity contribution in [2.45, 2.75) is 52.6 Å². The second kappa shape index (κ2) is 9.78. The van der Waals surface area contributed by atoms with Crippen LogP contribution in [0.4, 0.5) is 0 Å². The average Bonchev–Trinajstić information content (AvgIpc) is 2.41. The number of ether oxygens (including phenoxy) is 1. The highest BCUT2D eigenvalue weighted by molar-refractivity contribution is 5.35. The van der Waals surface area contributed by atoms with Gasteiger partial charge in [0, 0.05) is 6.54 Å². The van der Waals surface area contributed by atoms with Crippen molar-refractivity contribution in [3.8, 4) is 5.75 Å². The first kappa shape index (κ1) is 17.0. The maximum atomic E-state index is 9.87. The van der Waals surface area contributed by atoms with Gasteiger partial charge in [0.2, 0.25) is 0 Å². The molecule has 0 heterocycles. The minimum absolute atomic E-state index is 0.339. The minimum atomic E-state index is -0.457. The fraction of sp³-hybridized carbons (Fsp3) is 0.647. The van der Waals surface area contributed by atoms with Crippen molar-refractivity contribution >= 4 is 0 Å². The molecule has 1 atom stereocenters. The number of benzene rings is 1. The van der Waals surface area contributed by atoms with E-state index >= 15 is 0 Å². The van der Waals surface area contributed by atoms with E-state index in [1.54, 1.807) is 0 Å². The van der Waals surface area contributed by atoms with Crippen LogP contribution in [0.1, 0.15) is 43.7 Å². The van der Waals surface area contributed by atoms with Gasteiger partial charge in [-0.1, -0.05) is 43.9 Å². The minimum Gasteiger partial charge on any atom is -0.491 e. The van der Waals surface area contributed by atoms with Crippen molar-refractivity contribution in [2.75, 3.05) is 19.7 Å². The van der Waals surface area contributed by atoms with E-state index in [9.17, 15) is 5.11 Å². The molecule has 0 aromatic heterocycles. The van der Waals surface area contributed by atoms with Crippen LogP contribution in [0.5, 0.6) is 5.75 Å². The SMILES string of the molecule is CCCCCCNCC(O)COc1ccc(C)cc1C. The number of unbranched alkanes of at least 4 members (excludes halogenated alkanes) is 3. The molecule has 0 saturated heterocycles. The van der Waals surface area contributed by atoms with Gasteiger partial charge in [-0.25, -0.2) is 0 Å². The average molecular weight is 279 g/mol. The van der Waals surface area contributed by atoms with Crippen LogP contribution in [0.2, 0.25) is 0 Å². The van der Waals surface area contributed by atoms with E-state index in [1.807, 2.05) is 19.1 Å². The number of hydrogen-bond acceptors (Lipinski definition) is 3. The first-order valence-electron chi connectivity index (χ1n) is 7.72. The van der Waals surface area contributed by atoms with Crippen LogP contribution in [0.3, 0.4) is 0 Å². The van der Waals surface area contributed by atoms with Gasteiger partial charge in [0.05, 0.1) is 0 Å². The summed E-state index contributed by atoms with van der Waals surface area (Å²) in [6.07, 6.45) is 4.53. The quantitative estimate of drug-likeness (QED) is 0.646. The van der Waals surface area contributed by atoms with Crippen LogP contribution in [0.25, 0.3) is 0 Å². The van der Waals surface area contributed by atoms with E-state index in [0.29, 0.717) is 13.2 Å². The van der Waals surface area contributed by atoms with E-state index in [4.69, 9.17) is 4.74 Å². The Kier molecular flexibility index (Phi) is 8.31. The van der Waals surface area contributed by atoms with Gasteiger partial charge in [-0.3, -0.25) is 0 Å². The Morgan fingerprint density at radius 2 is 2.00 bits per heavy atom. The summed E-state index contributed by atoms with van der Waals surface area (Å²) in [6.45, 7) is 8.21. The highest BCUT2D eigenvalue weighted by Gasteiger charge is 2.06. The third-order valence-electron chi connectivity index (χ3n) is 3.35. The first-order valence-corrected chi connectivity index (χ1v) is 7.72. The van der Waals surface area contributed by atoms with Crippen LogP contribution in [-0.4, -0.2) is 30.9 Å². The Labute approximate surface area is 123 Å². The molecular weight excluding hydrogens is 250 g/mol. The lowest BCUT2D eigenvalue weighted by molar-refractivity contribution is 0.106. The van der Waals surface area contributed by atoms with Crippen molar-refractivity contribution in [1.29, 1.82) is 0 Å². The second-order valence-electron chi connectivity index (χ2n) is 5.50. The summed E-state index contributed by atoms with van der Waals surface area (Å²) in [6, 6.07) is 6.09. The van der Waals surface area contributed by atoms with Gasteiger partial charge in [-0.15, -0.1) is 0 Å². The maximum Gasteiger partial charge on any atom is 0.122 e. The van der Waals surface area contributed by atoms with Crippen LogP contribution >= 0.6 is 0 Å². The van der Waals surface area contributed by atoms with Gasteiger partial charge in [0.1, 0.15) is 18.5 Å². The number of rotatable bonds is 10. The van der Waals surface area contributed by atoms with Crippen LogP contribution < -0.4 is 10.1 Å². The molecule has 3 nitrogen and oxygen atoms in total. The summed E-state index contributed by atoms with van der Waals surface area (Å²) in [5.41, 5.74) is 2.34. The monoisotopic (exact) mass is 279 g/mol. The summed E-state index contributed by atoms with van der Waals surface area (Å²) < 4.78 is 5.66. The van der Waals surface area contributed by atoms with Crippen molar-refractivity contribution in [2.24, 2.45) is 0 Å². The van der Waals surface area contributed by atoms with Gasteiger partial charge >= 0.3 is 0 Å². The Bertz CT molecular complexity index is 379. The molecule has 0 saturated carbocycles. The first-order chi connectivity index (χ1) is 9.63. The zero-order valence-electron chi connectivity index (χ0n) is 13.1. The molecule has 2 N–H and O–H groups in total. The third kappa shape index (κ3) is 6.92. The Morgan fingerprint density at radius 3 is 2.70 bits per heavy atom. The highest BCUT2D eigenvalue weighted by Crippen LogP contribution is 2.18. The zero-order chi connectivity index (χ0) is 14.8. The molecule has 3 heteroatoms. The standard InChI is InChI=1S/C17H29NO2/c1-4-5-6-7-10-18-12-16(19)13-20-17-9-8-14(2)11-15(17)3/h8-9,11,16,18-19H,4-7,10,12-13H2,1-3H3. The molecule has 20 heavy (non-hydrogen) atoms. The smallest absolute Gasteiger partial charge is 0.122 e. The van der Waals surface area contributed by atoms with E-state index in [1.165, 1.54) is 31.2 Å². The predicted octanol–water partition coefficient (Wildman–Crippen LogP) is 3.21.